The number of likely N-dealkylation sites (N-methyl/N-ethyl adjacent to an activating group) is 1. The van der Waals surface area contributed by atoms with Gasteiger partial charge in [0.2, 0.25) is 5.88 Å². The first-order chi connectivity index (χ1) is 9.27. The van der Waals surface area contributed by atoms with Gasteiger partial charge in [0.15, 0.2) is 5.75 Å². The van der Waals surface area contributed by atoms with Crippen LogP contribution in [-0.4, -0.2) is 48.3 Å². The number of rotatable bonds is 3. The molecule has 102 valence electrons. The lowest BCUT2D eigenvalue weighted by Gasteiger charge is -2.14. The number of hydrogen-bond donors (Lipinski definition) is 0. The van der Waals surface area contributed by atoms with Gasteiger partial charge in [0.1, 0.15) is 0 Å². The zero-order valence-corrected chi connectivity index (χ0v) is 11.4. The quantitative estimate of drug-likeness (QED) is 0.844. The summed E-state index contributed by atoms with van der Waals surface area (Å²) in [5, 5.41) is 1.04. The highest BCUT2D eigenvalue weighted by Gasteiger charge is 2.22. The van der Waals surface area contributed by atoms with E-state index in [1.165, 1.54) is 0 Å². The van der Waals surface area contributed by atoms with E-state index in [2.05, 4.69) is 28.5 Å². The minimum Gasteiger partial charge on any atom is -0.487 e. The van der Waals surface area contributed by atoms with Crippen LogP contribution in [0.3, 0.4) is 0 Å². The maximum Gasteiger partial charge on any atom is 0.238 e. The van der Waals surface area contributed by atoms with Crippen molar-refractivity contribution in [3.05, 3.63) is 18.5 Å². The normalized spacial score (nSPS) is 14.9. The first-order valence-electron chi connectivity index (χ1n) is 6.64. The lowest BCUT2D eigenvalue weighted by molar-refractivity contribution is 0.281. The van der Waals surface area contributed by atoms with Crippen LogP contribution in [0, 0.1) is 0 Å². The molecule has 19 heavy (non-hydrogen) atoms. The number of fused-ring (bicyclic) bond motifs is 3. The van der Waals surface area contributed by atoms with Crippen molar-refractivity contribution in [3.63, 3.8) is 0 Å². The topological polar surface area (TPSA) is 39.5 Å². The number of ether oxygens (including phenoxy) is 2. The Morgan fingerprint density at radius 2 is 2.16 bits per heavy atom. The van der Waals surface area contributed by atoms with Crippen LogP contribution in [0.4, 0.5) is 0 Å². The number of aromatic nitrogens is 2. The average molecular weight is 261 g/mol. The van der Waals surface area contributed by atoms with Crippen molar-refractivity contribution in [2.75, 3.05) is 33.9 Å². The highest BCUT2D eigenvalue weighted by atomic mass is 16.5. The monoisotopic (exact) mass is 261 g/mol. The molecule has 0 N–H and O–H groups in total. The van der Waals surface area contributed by atoms with E-state index in [0.29, 0.717) is 13.2 Å². The molecule has 0 amide bonds. The Balaban J connectivity index is 2.09. The molecule has 0 saturated carbocycles. The van der Waals surface area contributed by atoms with E-state index in [-0.39, 0.29) is 0 Å². The van der Waals surface area contributed by atoms with E-state index in [1.54, 1.807) is 0 Å². The van der Waals surface area contributed by atoms with E-state index >= 15 is 0 Å². The molecule has 3 heterocycles. The number of hydrogen-bond acceptors (Lipinski definition) is 4. The van der Waals surface area contributed by atoms with Gasteiger partial charge in [-0.3, -0.25) is 4.98 Å². The van der Waals surface area contributed by atoms with Crippen molar-refractivity contribution in [1.82, 2.24) is 14.5 Å². The van der Waals surface area contributed by atoms with Crippen LogP contribution in [0.25, 0.3) is 10.9 Å². The molecular formula is C14H19N3O2. The summed E-state index contributed by atoms with van der Waals surface area (Å²) in [6.07, 6.45) is 4.59. The van der Waals surface area contributed by atoms with Gasteiger partial charge >= 0.3 is 0 Å². The minimum absolute atomic E-state index is 0.703. The van der Waals surface area contributed by atoms with Crippen LogP contribution in [0.1, 0.15) is 6.42 Å². The van der Waals surface area contributed by atoms with Gasteiger partial charge in [-0.25, -0.2) is 0 Å². The first kappa shape index (κ1) is 12.3. The lowest BCUT2D eigenvalue weighted by atomic mass is 10.3. The van der Waals surface area contributed by atoms with E-state index in [0.717, 1.165) is 42.0 Å². The van der Waals surface area contributed by atoms with Gasteiger partial charge in [0, 0.05) is 31.9 Å². The Morgan fingerprint density at radius 3 is 3.00 bits per heavy atom. The second kappa shape index (κ2) is 5.09. The van der Waals surface area contributed by atoms with Crippen molar-refractivity contribution in [1.29, 1.82) is 0 Å². The van der Waals surface area contributed by atoms with E-state index in [4.69, 9.17) is 9.47 Å². The molecule has 0 spiro atoms. The predicted molar refractivity (Wildman–Crippen MR) is 73.9 cm³/mol. The van der Waals surface area contributed by atoms with Gasteiger partial charge in [-0.15, -0.1) is 0 Å². The molecule has 3 rings (SSSR count). The van der Waals surface area contributed by atoms with Crippen LogP contribution in [-0.2, 0) is 6.54 Å². The van der Waals surface area contributed by atoms with Crippen molar-refractivity contribution in [2.45, 2.75) is 13.0 Å². The minimum atomic E-state index is 0.703. The third-order valence-electron chi connectivity index (χ3n) is 3.32. The highest BCUT2D eigenvalue weighted by Crippen LogP contribution is 2.40. The number of nitrogens with zero attached hydrogens (tertiary/aromatic N) is 3. The summed E-state index contributed by atoms with van der Waals surface area (Å²) in [6, 6.07) is 2.02. The van der Waals surface area contributed by atoms with Crippen molar-refractivity contribution in [3.8, 4) is 11.6 Å². The molecule has 0 saturated heterocycles. The average Bonchev–Trinajstić information content (AvgIpc) is 2.56. The van der Waals surface area contributed by atoms with Gasteiger partial charge < -0.3 is 18.9 Å². The molecule has 5 heteroatoms. The van der Waals surface area contributed by atoms with E-state index in [1.807, 2.05) is 18.5 Å². The van der Waals surface area contributed by atoms with Gasteiger partial charge in [-0.05, 0) is 20.2 Å². The Labute approximate surface area is 112 Å². The Hall–Kier alpha value is -1.75. The van der Waals surface area contributed by atoms with Gasteiger partial charge in [-0.2, -0.15) is 0 Å². The maximum absolute atomic E-state index is 5.89. The number of pyridine rings is 1. The summed E-state index contributed by atoms with van der Waals surface area (Å²) in [5.74, 6) is 1.70. The Bertz CT molecular complexity index is 577. The molecule has 0 unspecified atom stereocenters. The van der Waals surface area contributed by atoms with Crippen molar-refractivity contribution >= 4 is 10.9 Å². The van der Waals surface area contributed by atoms with Crippen LogP contribution in [0.15, 0.2) is 18.5 Å². The standard InChI is InChI=1S/C14H19N3O2/c1-16(2)6-7-17-12-4-5-15-10-11(12)13-14(17)19-9-3-8-18-13/h4-5,10H,3,6-9H2,1-2H3. The first-order valence-corrected chi connectivity index (χ1v) is 6.64. The molecule has 1 aliphatic heterocycles. The van der Waals surface area contributed by atoms with Gasteiger partial charge in [0.05, 0.1) is 24.1 Å². The fourth-order valence-corrected chi connectivity index (χ4v) is 2.35. The second-order valence-electron chi connectivity index (χ2n) is 5.03. The molecule has 0 aromatic carbocycles. The summed E-state index contributed by atoms with van der Waals surface area (Å²) in [6.45, 7) is 3.25. The molecule has 0 bridgehead atoms. The van der Waals surface area contributed by atoms with Gasteiger partial charge in [-0.1, -0.05) is 0 Å². The summed E-state index contributed by atoms with van der Waals surface area (Å²) in [4.78, 5) is 6.36. The third kappa shape index (κ3) is 2.26. The SMILES string of the molecule is CN(C)CCn1c2c(c3cnccc31)OCCCO2. The second-order valence-corrected chi connectivity index (χ2v) is 5.03. The zero-order valence-electron chi connectivity index (χ0n) is 11.4. The predicted octanol–water partition coefficient (Wildman–Crippen LogP) is 1.76. The molecule has 0 atom stereocenters. The van der Waals surface area contributed by atoms with Crippen LogP contribution in [0.2, 0.25) is 0 Å². The Kier molecular flexibility index (Phi) is 3.29. The Morgan fingerprint density at radius 1 is 1.32 bits per heavy atom. The van der Waals surface area contributed by atoms with Gasteiger partial charge in [0.25, 0.3) is 0 Å². The fourth-order valence-electron chi connectivity index (χ4n) is 2.35. The van der Waals surface area contributed by atoms with Crippen molar-refractivity contribution < 1.29 is 9.47 Å². The fraction of sp³-hybridized carbons (Fsp3) is 0.500. The molecule has 0 radical (unpaired) electrons. The van der Waals surface area contributed by atoms with Crippen LogP contribution < -0.4 is 9.47 Å². The molecule has 2 aromatic rings. The summed E-state index contributed by atoms with van der Waals surface area (Å²) in [5.41, 5.74) is 1.13. The van der Waals surface area contributed by atoms with Crippen LogP contribution in [0.5, 0.6) is 11.6 Å². The summed E-state index contributed by atoms with van der Waals surface area (Å²) < 4.78 is 13.9. The largest absolute Gasteiger partial charge is 0.487 e. The smallest absolute Gasteiger partial charge is 0.238 e. The zero-order chi connectivity index (χ0) is 13.2. The van der Waals surface area contributed by atoms with Crippen molar-refractivity contribution in [2.24, 2.45) is 0 Å². The molecule has 0 fully saturated rings. The van der Waals surface area contributed by atoms with E-state index < -0.39 is 0 Å². The molecule has 2 aromatic heterocycles. The third-order valence-corrected chi connectivity index (χ3v) is 3.32. The summed E-state index contributed by atoms with van der Waals surface area (Å²) in [7, 11) is 4.15. The van der Waals surface area contributed by atoms with E-state index in [9.17, 15) is 0 Å². The maximum atomic E-state index is 5.89. The highest BCUT2D eigenvalue weighted by molar-refractivity contribution is 5.89. The molecule has 0 aliphatic carbocycles. The lowest BCUT2D eigenvalue weighted by Crippen LogP contribution is -2.18. The summed E-state index contributed by atoms with van der Waals surface area (Å²) >= 11 is 0. The molecular weight excluding hydrogens is 242 g/mol. The van der Waals surface area contributed by atoms with Crippen LogP contribution >= 0.6 is 0 Å². The molecule has 1 aliphatic rings. The molecule has 5 nitrogen and oxygen atoms in total.